The van der Waals surface area contributed by atoms with E-state index in [1.807, 2.05) is 0 Å². The average molecular weight is 190 g/mol. The van der Waals surface area contributed by atoms with Crippen LogP contribution in [0.3, 0.4) is 0 Å². The molecule has 0 aliphatic heterocycles. The fourth-order valence-corrected chi connectivity index (χ4v) is 4.89. The highest BCUT2D eigenvalue weighted by molar-refractivity contribution is 5.96. The molecule has 4 saturated carbocycles. The van der Waals surface area contributed by atoms with Gasteiger partial charge in [-0.25, -0.2) is 0 Å². The molecule has 2 nitrogen and oxygen atoms in total. The fraction of sp³-hybridized carbons (Fsp3) is 0.833. The van der Waals surface area contributed by atoms with E-state index in [0.717, 1.165) is 31.0 Å². The van der Waals surface area contributed by atoms with E-state index in [9.17, 15) is 9.59 Å². The van der Waals surface area contributed by atoms with E-state index in [0.29, 0.717) is 11.3 Å². The first-order valence-corrected chi connectivity index (χ1v) is 5.75. The Morgan fingerprint density at radius 2 is 2.07 bits per heavy atom. The predicted octanol–water partition coefficient (Wildman–Crippen LogP) is 1.44. The second-order valence-corrected chi connectivity index (χ2v) is 5.85. The molecule has 4 rings (SSSR count). The summed E-state index contributed by atoms with van der Waals surface area (Å²) >= 11 is 0. The van der Waals surface area contributed by atoms with Crippen molar-refractivity contribution in [3.8, 4) is 0 Å². The number of Topliss-reactive ketones (excluding diaryl/α,β-unsaturated/α-hetero) is 1. The Morgan fingerprint density at radius 1 is 1.21 bits per heavy atom. The zero-order chi connectivity index (χ0) is 9.50. The molecule has 6 unspecified atom stereocenters. The van der Waals surface area contributed by atoms with Gasteiger partial charge >= 0.3 is 0 Å². The standard InChI is InChI=1S/C12H14O2/c13-5-8-10-4-12(10)3-7-1-6(11(8)14)2-9(7)12/h5-10H,1-4H2. The van der Waals surface area contributed by atoms with Crippen LogP contribution in [0.25, 0.3) is 0 Å². The monoisotopic (exact) mass is 190 g/mol. The Labute approximate surface area is 83.1 Å². The van der Waals surface area contributed by atoms with Gasteiger partial charge in [-0.2, -0.15) is 0 Å². The molecule has 2 bridgehead atoms. The van der Waals surface area contributed by atoms with Crippen molar-refractivity contribution in [1.29, 1.82) is 0 Å². The molecule has 2 heteroatoms. The van der Waals surface area contributed by atoms with E-state index in [1.54, 1.807) is 0 Å². The van der Waals surface area contributed by atoms with Gasteiger partial charge in [0.15, 0.2) is 0 Å². The highest BCUT2D eigenvalue weighted by atomic mass is 16.1. The zero-order valence-electron chi connectivity index (χ0n) is 8.11. The van der Waals surface area contributed by atoms with Crippen LogP contribution in [0.5, 0.6) is 0 Å². The molecule has 74 valence electrons. The van der Waals surface area contributed by atoms with Crippen LogP contribution in [0, 0.1) is 35.0 Å². The summed E-state index contributed by atoms with van der Waals surface area (Å²) in [4.78, 5) is 23.0. The van der Waals surface area contributed by atoms with E-state index in [4.69, 9.17) is 0 Å². The van der Waals surface area contributed by atoms with Crippen LogP contribution < -0.4 is 0 Å². The second kappa shape index (κ2) is 1.98. The normalized spacial score (nSPS) is 62.6. The number of carbonyl (C=O) groups excluding carboxylic acids is 2. The van der Waals surface area contributed by atoms with Crippen molar-refractivity contribution in [2.75, 3.05) is 0 Å². The van der Waals surface area contributed by atoms with Crippen LogP contribution in [-0.2, 0) is 9.59 Å². The zero-order valence-corrected chi connectivity index (χ0v) is 8.11. The summed E-state index contributed by atoms with van der Waals surface area (Å²) in [5.41, 5.74) is 0.483. The number of rotatable bonds is 1. The molecule has 0 N–H and O–H groups in total. The topological polar surface area (TPSA) is 34.1 Å². The minimum absolute atomic E-state index is 0.216. The molecule has 4 aliphatic carbocycles. The molecule has 0 saturated heterocycles. The lowest BCUT2D eigenvalue weighted by atomic mass is 9.61. The van der Waals surface area contributed by atoms with Gasteiger partial charge in [0.1, 0.15) is 12.1 Å². The smallest absolute Gasteiger partial charge is 0.146 e. The highest BCUT2D eigenvalue weighted by Crippen LogP contribution is 2.79. The Hall–Kier alpha value is -0.660. The Balaban J connectivity index is 1.81. The van der Waals surface area contributed by atoms with Crippen molar-refractivity contribution in [3.05, 3.63) is 0 Å². The molecule has 0 aromatic carbocycles. The van der Waals surface area contributed by atoms with Crippen LogP contribution in [0.2, 0.25) is 0 Å². The van der Waals surface area contributed by atoms with Crippen LogP contribution in [0.4, 0.5) is 0 Å². The molecule has 0 radical (unpaired) electrons. The minimum Gasteiger partial charge on any atom is -0.303 e. The number of fused-ring (bicyclic) bond motifs is 1. The molecule has 0 aromatic rings. The quantitative estimate of drug-likeness (QED) is 0.463. The van der Waals surface area contributed by atoms with Crippen molar-refractivity contribution in [1.82, 2.24) is 0 Å². The number of carbonyl (C=O) groups is 2. The number of hydrogen-bond acceptors (Lipinski definition) is 2. The largest absolute Gasteiger partial charge is 0.303 e. The van der Waals surface area contributed by atoms with Gasteiger partial charge < -0.3 is 4.79 Å². The van der Waals surface area contributed by atoms with Crippen LogP contribution in [0.1, 0.15) is 25.7 Å². The van der Waals surface area contributed by atoms with Crippen LogP contribution in [-0.4, -0.2) is 12.1 Å². The summed E-state index contributed by atoms with van der Waals surface area (Å²) in [7, 11) is 0. The van der Waals surface area contributed by atoms with Gasteiger partial charge in [-0.05, 0) is 48.9 Å². The molecule has 14 heavy (non-hydrogen) atoms. The molecule has 0 amide bonds. The molecule has 4 aliphatic rings. The fourth-order valence-electron chi connectivity index (χ4n) is 4.89. The maximum absolute atomic E-state index is 12.0. The van der Waals surface area contributed by atoms with E-state index in [2.05, 4.69) is 0 Å². The van der Waals surface area contributed by atoms with Gasteiger partial charge in [0.25, 0.3) is 0 Å². The summed E-state index contributed by atoms with van der Waals surface area (Å²) in [6.45, 7) is 0. The summed E-state index contributed by atoms with van der Waals surface area (Å²) in [5, 5.41) is 0. The third-order valence-corrected chi connectivity index (χ3v) is 5.56. The van der Waals surface area contributed by atoms with Gasteiger partial charge in [-0.15, -0.1) is 0 Å². The van der Waals surface area contributed by atoms with Crippen molar-refractivity contribution in [2.45, 2.75) is 25.7 Å². The van der Waals surface area contributed by atoms with Crippen molar-refractivity contribution >= 4 is 12.1 Å². The van der Waals surface area contributed by atoms with E-state index < -0.39 is 0 Å². The molecular formula is C12H14O2. The second-order valence-electron chi connectivity index (χ2n) is 5.85. The van der Waals surface area contributed by atoms with Gasteiger partial charge in [0.2, 0.25) is 0 Å². The van der Waals surface area contributed by atoms with Crippen molar-refractivity contribution < 1.29 is 9.59 Å². The maximum atomic E-state index is 12.0. The lowest BCUT2D eigenvalue weighted by molar-refractivity contribution is -0.132. The first-order chi connectivity index (χ1) is 6.76. The Morgan fingerprint density at radius 3 is 2.86 bits per heavy atom. The first-order valence-electron chi connectivity index (χ1n) is 5.75. The first kappa shape index (κ1) is 7.61. The molecule has 0 heterocycles. The van der Waals surface area contributed by atoms with E-state index >= 15 is 0 Å². The summed E-state index contributed by atoms with van der Waals surface area (Å²) in [6, 6.07) is 0. The number of hydrogen-bond donors (Lipinski definition) is 0. The lowest BCUT2D eigenvalue weighted by Gasteiger charge is -2.43. The molecule has 6 atom stereocenters. The van der Waals surface area contributed by atoms with Gasteiger partial charge in [0.05, 0.1) is 5.92 Å². The molecule has 1 spiro atoms. The van der Waals surface area contributed by atoms with Crippen molar-refractivity contribution in [2.24, 2.45) is 35.0 Å². The SMILES string of the molecule is O=CC1C(=O)C2CC3CC4(CC14)C3C2. The van der Waals surface area contributed by atoms with Crippen molar-refractivity contribution in [3.63, 3.8) is 0 Å². The van der Waals surface area contributed by atoms with E-state index in [-0.39, 0.29) is 17.6 Å². The highest BCUT2D eigenvalue weighted by Gasteiger charge is 2.74. The van der Waals surface area contributed by atoms with Gasteiger partial charge in [-0.3, -0.25) is 4.79 Å². The van der Waals surface area contributed by atoms with Crippen LogP contribution >= 0.6 is 0 Å². The average Bonchev–Trinajstić information content (AvgIpc) is 2.77. The number of ketones is 1. The maximum Gasteiger partial charge on any atom is 0.146 e. The Kier molecular flexibility index (Phi) is 1.07. The molecule has 4 fully saturated rings. The van der Waals surface area contributed by atoms with Gasteiger partial charge in [-0.1, -0.05) is 0 Å². The summed E-state index contributed by atoms with van der Waals surface area (Å²) in [6.07, 6.45) is 5.66. The summed E-state index contributed by atoms with van der Waals surface area (Å²) in [5.74, 6) is 2.46. The van der Waals surface area contributed by atoms with Gasteiger partial charge in [0, 0.05) is 5.92 Å². The predicted molar refractivity (Wildman–Crippen MR) is 49.4 cm³/mol. The molecule has 0 aromatic heterocycles. The third-order valence-electron chi connectivity index (χ3n) is 5.56. The lowest BCUT2D eigenvalue weighted by Crippen LogP contribution is -2.38. The molecular weight excluding hydrogens is 176 g/mol. The third kappa shape index (κ3) is 0.590. The minimum atomic E-state index is -0.216. The van der Waals surface area contributed by atoms with Crippen LogP contribution in [0.15, 0.2) is 0 Å². The van der Waals surface area contributed by atoms with E-state index in [1.165, 1.54) is 12.8 Å². The Bertz CT molecular complexity index is 348. The summed E-state index contributed by atoms with van der Waals surface area (Å²) < 4.78 is 0. The number of aldehydes is 1.